The second-order valence-electron chi connectivity index (χ2n) is 20.1. The first kappa shape index (κ1) is 32.8. The molecule has 0 bridgehead atoms. The summed E-state index contributed by atoms with van der Waals surface area (Å²) in [6.45, 7) is 21.9. The number of carbonyl (C=O) groups is 1. The second kappa shape index (κ2) is 9.46. The van der Waals surface area contributed by atoms with Crippen LogP contribution in [0.3, 0.4) is 0 Å². The van der Waals surface area contributed by atoms with Crippen LogP contribution >= 0.6 is 0 Å². The highest BCUT2D eigenvalue weighted by Gasteiger charge is 2.87. The Kier molecular flexibility index (Phi) is 6.20. The van der Waals surface area contributed by atoms with E-state index in [0.29, 0.717) is 18.3 Å². The minimum atomic E-state index is -1.10. The number of hydrogen-bond acceptors (Lipinski definition) is 7. The van der Waals surface area contributed by atoms with Gasteiger partial charge in [-0.15, -0.1) is 0 Å². The first-order valence-electron chi connectivity index (χ1n) is 19.6. The molecular formula is C42H57NO7. The number of epoxide rings is 1. The molecule has 4 saturated heterocycles. The number of carbonyl (C=O) groups excluding carboxylic acids is 1. The summed E-state index contributed by atoms with van der Waals surface area (Å²) in [5.74, 6) is 1.02. The van der Waals surface area contributed by atoms with E-state index >= 15 is 0 Å². The molecule has 4 aliphatic carbocycles. The zero-order chi connectivity index (χ0) is 35.3. The molecule has 272 valence electrons. The molecule has 2 saturated carbocycles. The summed E-state index contributed by atoms with van der Waals surface area (Å²) in [5.41, 5.74) is 1.70. The van der Waals surface area contributed by atoms with Crippen LogP contribution in [0.4, 0.5) is 0 Å². The Labute approximate surface area is 296 Å². The van der Waals surface area contributed by atoms with Crippen molar-refractivity contribution in [1.29, 1.82) is 0 Å². The minimum absolute atomic E-state index is 0.126. The molecular weight excluding hydrogens is 630 g/mol. The Morgan fingerprint density at radius 1 is 0.880 bits per heavy atom. The van der Waals surface area contributed by atoms with Gasteiger partial charge in [0.25, 0.3) is 0 Å². The lowest BCUT2D eigenvalue weighted by Crippen LogP contribution is -2.77. The maximum Gasteiger partial charge on any atom is 0.169 e. The van der Waals surface area contributed by atoms with E-state index in [-0.39, 0.29) is 59.3 Å². The van der Waals surface area contributed by atoms with Gasteiger partial charge >= 0.3 is 0 Å². The molecule has 1 spiro atoms. The van der Waals surface area contributed by atoms with Crippen LogP contribution in [0, 0.1) is 29.1 Å². The Bertz CT molecular complexity index is 1840. The predicted octanol–water partition coefficient (Wildman–Crippen LogP) is 6.95. The summed E-state index contributed by atoms with van der Waals surface area (Å²) in [6.07, 6.45) is 4.53. The predicted molar refractivity (Wildman–Crippen MR) is 188 cm³/mol. The highest BCUT2D eigenvalue weighted by molar-refractivity contribution is 6.06. The first-order valence-corrected chi connectivity index (χ1v) is 19.6. The van der Waals surface area contributed by atoms with Crippen molar-refractivity contribution in [2.75, 3.05) is 0 Å². The van der Waals surface area contributed by atoms with Crippen molar-refractivity contribution in [1.82, 2.24) is 4.98 Å². The summed E-state index contributed by atoms with van der Waals surface area (Å²) in [6, 6.07) is 4.20. The molecule has 8 aliphatic rings. The van der Waals surface area contributed by atoms with Crippen molar-refractivity contribution in [3.63, 3.8) is 0 Å². The van der Waals surface area contributed by atoms with E-state index < -0.39 is 27.8 Å². The fraction of sp³-hybridized carbons (Fsp3) is 0.786. The molecule has 0 radical (unpaired) electrons. The van der Waals surface area contributed by atoms with Crippen molar-refractivity contribution in [3.8, 4) is 0 Å². The van der Waals surface area contributed by atoms with Crippen LogP contribution in [0.5, 0.6) is 0 Å². The summed E-state index contributed by atoms with van der Waals surface area (Å²) in [7, 11) is 0. The van der Waals surface area contributed by atoms with Crippen LogP contribution in [0.2, 0.25) is 0 Å². The molecule has 12 atom stereocenters. The van der Waals surface area contributed by atoms with E-state index in [4.69, 9.17) is 23.7 Å². The average Bonchev–Trinajstić information content (AvgIpc) is 3.51. The largest absolute Gasteiger partial charge is 0.386 e. The lowest BCUT2D eigenvalue weighted by atomic mass is 9.40. The highest BCUT2D eigenvalue weighted by atomic mass is 16.8. The van der Waals surface area contributed by atoms with Crippen LogP contribution < -0.4 is 0 Å². The fourth-order valence-electron chi connectivity index (χ4n) is 13.8. The number of aliphatic hydroxyl groups is 1. The van der Waals surface area contributed by atoms with E-state index in [2.05, 4.69) is 86.4 Å². The van der Waals surface area contributed by atoms with Gasteiger partial charge in [-0.2, -0.15) is 0 Å². The van der Waals surface area contributed by atoms with Gasteiger partial charge in [0.05, 0.1) is 28.8 Å². The number of fused-ring (bicyclic) bond motifs is 12. The Morgan fingerprint density at radius 2 is 1.64 bits per heavy atom. The maximum absolute atomic E-state index is 14.3. The Hall–Kier alpha value is -1.81. The monoisotopic (exact) mass is 687 g/mol. The zero-order valence-electron chi connectivity index (χ0n) is 31.7. The Balaban J connectivity index is 1.06. The summed E-state index contributed by atoms with van der Waals surface area (Å²) < 4.78 is 33.6. The number of aromatic amines is 1. The number of nitrogens with one attached hydrogen (secondary N) is 1. The highest BCUT2D eigenvalue weighted by Crippen LogP contribution is 2.75. The van der Waals surface area contributed by atoms with Gasteiger partial charge in [0.15, 0.2) is 17.7 Å². The number of benzene rings is 1. The van der Waals surface area contributed by atoms with E-state index in [1.807, 2.05) is 0 Å². The standard InChI is InChI=1S/C42H57NO7/c1-20(2)17-28-47-32-34(38(7,8)48-28)46-27-14-15-39(9)40(10)21(13-16-41(39,45)42(27)35(32)49-42)18-24-29-23-19-25-30(37(5,6)50-36(25,3)4)31(44)22(23)11-12-26(29)43-33(24)40/h11-12,20-21,25,27-28,30,32,34-35,43,45H,13-19H2,1-10H3/t21-,25+,27-,28-,30-,32+,34-,35?,39+,40+,41-,42-/m0/s1. The maximum atomic E-state index is 14.3. The molecule has 8 nitrogen and oxygen atoms in total. The van der Waals surface area contributed by atoms with Gasteiger partial charge in [0.2, 0.25) is 0 Å². The summed E-state index contributed by atoms with van der Waals surface area (Å²) >= 11 is 0. The molecule has 6 fully saturated rings. The Morgan fingerprint density at radius 3 is 2.38 bits per heavy atom. The molecule has 10 rings (SSSR count). The SMILES string of the molecule is CC(C)C[C@H]1O[C@H]2C3O[C@@]34[C@H](CC[C@@]3(C)[C@@]4(O)CC[C@H]4Cc5c([nH]c6ccc7c(c56)C[C@@H]5[C@@H](C7=O)C(C)(C)OC5(C)C)[C@@]43C)O[C@@H]2C(C)(C)O1. The van der Waals surface area contributed by atoms with Crippen LogP contribution in [-0.2, 0) is 41.9 Å². The van der Waals surface area contributed by atoms with E-state index in [0.717, 1.165) is 49.6 Å². The van der Waals surface area contributed by atoms with Crippen LogP contribution in [0.1, 0.15) is 129 Å². The molecule has 2 aromatic rings. The normalized spacial score (nSPS) is 48.5. The molecule has 0 amide bonds. The van der Waals surface area contributed by atoms with Crippen LogP contribution in [0.15, 0.2) is 12.1 Å². The van der Waals surface area contributed by atoms with Crippen molar-refractivity contribution in [2.45, 2.75) is 178 Å². The summed E-state index contributed by atoms with van der Waals surface area (Å²) in [5, 5.41) is 14.7. The molecule has 50 heavy (non-hydrogen) atoms. The van der Waals surface area contributed by atoms with E-state index in [1.54, 1.807) is 0 Å². The van der Waals surface area contributed by atoms with E-state index in [1.165, 1.54) is 22.2 Å². The topological polar surface area (TPSA) is 103 Å². The molecule has 5 heterocycles. The van der Waals surface area contributed by atoms with Crippen molar-refractivity contribution < 1.29 is 33.6 Å². The third kappa shape index (κ3) is 3.59. The van der Waals surface area contributed by atoms with Crippen molar-refractivity contribution in [3.05, 3.63) is 34.5 Å². The third-order valence-corrected chi connectivity index (χ3v) is 16.1. The smallest absolute Gasteiger partial charge is 0.169 e. The number of ether oxygens (including phenoxy) is 5. The lowest BCUT2D eigenvalue weighted by Gasteiger charge is -2.66. The summed E-state index contributed by atoms with van der Waals surface area (Å²) in [4.78, 5) is 18.2. The molecule has 1 aromatic carbocycles. The fourth-order valence-corrected chi connectivity index (χ4v) is 13.8. The third-order valence-electron chi connectivity index (χ3n) is 16.1. The molecule has 1 unspecified atom stereocenters. The second-order valence-corrected chi connectivity index (χ2v) is 20.1. The molecule has 2 N–H and O–H groups in total. The number of H-pyrrole nitrogens is 1. The molecule has 8 heteroatoms. The lowest BCUT2D eigenvalue weighted by molar-refractivity contribution is -0.355. The first-order chi connectivity index (χ1) is 23.3. The van der Waals surface area contributed by atoms with E-state index in [9.17, 15) is 9.90 Å². The average molecular weight is 688 g/mol. The minimum Gasteiger partial charge on any atom is -0.386 e. The van der Waals surface area contributed by atoms with Gasteiger partial charge in [-0.25, -0.2) is 0 Å². The zero-order valence-corrected chi connectivity index (χ0v) is 31.7. The van der Waals surface area contributed by atoms with Gasteiger partial charge in [-0.1, -0.05) is 27.7 Å². The van der Waals surface area contributed by atoms with Gasteiger partial charge < -0.3 is 33.8 Å². The number of hydrogen-bond donors (Lipinski definition) is 2. The van der Waals surface area contributed by atoms with Crippen LogP contribution in [0.25, 0.3) is 10.9 Å². The number of rotatable bonds is 2. The van der Waals surface area contributed by atoms with Crippen molar-refractivity contribution in [2.24, 2.45) is 29.1 Å². The van der Waals surface area contributed by atoms with Gasteiger partial charge in [0.1, 0.15) is 23.9 Å². The van der Waals surface area contributed by atoms with Gasteiger partial charge in [-0.05, 0) is 115 Å². The van der Waals surface area contributed by atoms with Gasteiger partial charge in [0, 0.05) is 45.3 Å². The number of ketones is 1. The van der Waals surface area contributed by atoms with Gasteiger partial charge in [-0.3, -0.25) is 4.79 Å². The van der Waals surface area contributed by atoms with Crippen LogP contribution in [-0.4, -0.2) is 74.6 Å². The quantitative estimate of drug-likeness (QED) is 0.330. The number of Topliss-reactive ketones (excluding diaryl/α,β-unsaturated/α-hetero) is 1. The van der Waals surface area contributed by atoms with Crippen molar-refractivity contribution >= 4 is 16.7 Å². The number of aromatic nitrogens is 1. The molecule has 4 aliphatic heterocycles. The molecule has 1 aromatic heterocycles.